The van der Waals surface area contributed by atoms with E-state index in [1.807, 2.05) is 18.3 Å². The van der Waals surface area contributed by atoms with Crippen molar-refractivity contribution in [3.05, 3.63) is 42.2 Å². The Balaban J connectivity index is 2.51. The van der Waals surface area contributed by atoms with Crippen LogP contribution in [0.5, 0.6) is 0 Å². The van der Waals surface area contributed by atoms with Crippen LogP contribution in [0.1, 0.15) is 25.5 Å². The van der Waals surface area contributed by atoms with Crippen LogP contribution >= 0.6 is 0 Å². The van der Waals surface area contributed by atoms with Crippen molar-refractivity contribution in [1.29, 1.82) is 0 Å². The van der Waals surface area contributed by atoms with Gasteiger partial charge in [0.05, 0.1) is 12.1 Å². The Hall–Kier alpha value is -1.49. The molecule has 0 aliphatic rings. The summed E-state index contributed by atoms with van der Waals surface area (Å²) in [5.41, 5.74) is 4.01. The summed E-state index contributed by atoms with van der Waals surface area (Å²) in [4.78, 5) is 4.21. The van der Waals surface area contributed by atoms with Gasteiger partial charge in [0, 0.05) is 24.9 Å². The van der Waals surface area contributed by atoms with E-state index in [1.165, 1.54) is 0 Å². The van der Waals surface area contributed by atoms with Gasteiger partial charge in [-0.1, -0.05) is 32.0 Å². The van der Waals surface area contributed by atoms with Crippen LogP contribution in [0.4, 0.5) is 0 Å². The first-order chi connectivity index (χ1) is 9.19. The standard InChI is InChI=1S/C15H21N3O/c1-10(2)15(19-3)14(18-16)12-6-4-5-11-7-8-17-9-13(11)12/h4-10,14-15,18H,16H2,1-3H3. The number of pyridine rings is 1. The molecular weight excluding hydrogens is 238 g/mol. The summed E-state index contributed by atoms with van der Waals surface area (Å²) in [5.74, 6) is 6.12. The molecule has 2 aromatic rings. The van der Waals surface area contributed by atoms with Crippen LogP contribution in [-0.2, 0) is 4.74 Å². The number of nitrogens with two attached hydrogens (primary N) is 1. The smallest absolute Gasteiger partial charge is 0.0801 e. The molecule has 0 spiro atoms. The Bertz CT molecular complexity index is 536. The minimum atomic E-state index is -0.0575. The molecule has 1 aromatic heterocycles. The van der Waals surface area contributed by atoms with Gasteiger partial charge >= 0.3 is 0 Å². The molecule has 0 aliphatic carbocycles. The molecule has 19 heavy (non-hydrogen) atoms. The maximum Gasteiger partial charge on any atom is 0.0801 e. The molecule has 2 atom stereocenters. The van der Waals surface area contributed by atoms with Crippen molar-refractivity contribution >= 4 is 10.8 Å². The van der Waals surface area contributed by atoms with Crippen LogP contribution in [0.2, 0.25) is 0 Å². The van der Waals surface area contributed by atoms with E-state index in [0.717, 1.165) is 16.3 Å². The molecule has 0 fully saturated rings. The molecule has 0 radical (unpaired) electrons. The Morgan fingerprint density at radius 3 is 2.68 bits per heavy atom. The average Bonchev–Trinajstić information content (AvgIpc) is 2.43. The Morgan fingerprint density at radius 1 is 1.26 bits per heavy atom. The van der Waals surface area contributed by atoms with E-state index >= 15 is 0 Å². The van der Waals surface area contributed by atoms with Gasteiger partial charge in [0.1, 0.15) is 0 Å². The summed E-state index contributed by atoms with van der Waals surface area (Å²) in [7, 11) is 1.72. The second kappa shape index (κ2) is 6.10. The zero-order valence-electron chi connectivity index (χ0n) is 11.6. The highest BCUT2D eigenvalue weighted by molar-refractivity contribution is 5.85. The summed E-state index contributed by atoms with van der Waals surface area (Å²) in [6.45, 7) is 4.25. The SMILES string of the molecule is COC(C(C)C)C(NN)c1cccc2ccncc12. The first kappa shape index (κ1) is 13.9. The largest absolute Gasteiger partial charge is 0.379 e. The first-order valence-electron chi connectivity index (χ1n) is 6.50. The molecule has 4 heteroatoms. The second-order valence-corrected chi connectivity index (χ2v) is 5.03. The van der Waals surface area contributed by atoms with Crippen LogP contribution in [0.3, 0.4) is 0 Å². The number of nitrogens with zero attached hydrogens (tertiary/aromatic N) is 1. The predicted molar refractivity (Wildman–Crippen MR) is 77.4 cm³/mol. The van der Waals surface area contributed by atoms with Gasteiger partial charge in [-0.15, -0.1) is 0 Å². The number of nitrogens with one attached hydrogen (secondary N) is 1. The van der Waals surface area contributed by atoms with E-state index in [9.17, 15) is 0 Å². The maximum absolute atomic E-state index is 5.76. The van der Waals surface area contributed by atoms with Crippen LogP contribution < -0.4 is 11.3 Å². The van der Waals surface area contributed by atoms with Gasteiger partial charge in [-0.2, -0.15) is 0 Å². The van der Waals surface area contributed by atoms with Crippen molar-refractivity contribution in [2.45, 2.75) is 26.0 Å². The molecule has 0 aliphatic heterocycles. The summed E-state index contributed by atoms with van der Waals surface area (Å²) in [6.07, 6.45) is 3.69. The molecule has 102 valence electrons. The third-order valence-electron chi connectivity index (χ3n) is 3.49. The molecule has 1 heterocycles. The van der Waals surface area contributed by atoms with Gasteiger partial charge in [0.25, 0.3) is 0 Å². The number of hydrogen-bond acceptors (Lipinski definition) is 4. The quantitative estimate of drug-likeness (QED) is 0.639. The number of methoxy groups -OCH3 is 1. The van der Waals surface area contributed by atoms with E-state index in [2.05, 4.69) is 36.4 Å². The predicted octanol–water partition coefficient (Wildman–Crippen LogP) is 2.41. The van der Waals surface area contributed by atoms with Crippen molar-refractivity contribution in [2.75, 3.05) is 7.11 Å². The highest BCUT2D eigenvalue weighted by Crippen LogP contribution is 2.29. The van der Waals surface area contributed by atoms with Crippen molar-refractivity contribution in [3.63, 3.8) is 0 Å². The Morgan fingerprint density at radius 2 is 2.05 bits per heavy atom. The maximum atomic E-state index is 5.76. The summed E-state index contributed by atoms with van der Waals surface area (Å²) in [5, 5.41) is 2.27. The molecular formula is C15H21N3O. The van der Waals surface area contributed by atoms with Crippen LogP contribution in [0, 0.1) is 5.92 Å². The minimum Gasteiger partial charge on any atom is -0.379 e. The van der Waals surface area contributed by atoms with Gasteiger partial charge in [-0.25, -0.2) is 0 Å². The summed E-state index contributed by atoms with van der Waals surface area (Å²) >= 11 is 0. The number of fused-ring (bicyclic) bond motifs is 1. The number of aromatic nitrogens is 1. The van der Waals surface area contributed by atoms with Crippen molar-refractivity contribution in [1.82, 2.24) is 10.4 Å². The molecule has 0 saturated carbocycles. The lowest BCUT2D eigenvalue weighted by atomic mass is 9.91. The molecule has 4 nitrogen and oxygen atoms in total. The van der Waals surface area contributed by atoms with Crippen LogP contribution in [0.15, 0.2) is 36.7 Å². The van der Waals surface area contributed by atoms with Gasteiger partial charge < -0.3 is 4.74 Å². The second-order valence-electron chi connectivity index (χ2n) is 5.03. The lowest BCUT2D eigenvalue weighted by Crippen LogP contribution is -2.40. The molecule has 2 rings (SSSR count). The summed E-state index contributed by atoms with van der Waals surface area (Å²) < 4.78 is 5.61. The number of benzene rings is 1. The fourth-order valence-electron chi connectivity index (χ4n) is 2.56. The van der Waals surface area contributed by atoms with Crippen LogP contribution in [-0.4, -0.2) is 18.2 Å². The number of ether oxygens (including phenoxy) is 1. The molecule has 0 saturated heterocycles. The van der Waals surface area contributed by atoms with Gasteiger partial charge in [-0.05, 0) is 22.9 Å². The summed E-state index contributed by atoms with van der Waals surface area (Å²) in [6, 6.07) is 8.13. The van der Waals surface area contributed by atoms with E-state index in [1.54, 1.807) is 13.3 Å². The van der Waals surface area contributed by atoms with E-state index in [4.69, 9.17) is 10.6 Å². The highest BCUT2D eigenvalue weighted by Gasteiger charge is 2.26. The molecule has 0 bridgehead atoms. The van der Waals surface area contributed by atoms with Gasteiger partial charge in [0.2, 0.25) is 0 Å². The van der Waals surface area contributed by atoms with Gasteiger partial charge in [0.15, 0.2) is 0 Å². The molecule has 0 amide bonds. The number of hydrazine groups is 1. The first-order valence-corrected chi connectivity index (χ1v) is 6.50. The highest BCUT2D eigenvalue weighted by atomic mass is 16.5. The number of rotatable bonds is 5. The third kappa shape index (κ3) is 2.76. The van der Waals surface area contributed by atoms with Crippen LogP contribution in [0.25, 0.3) is 10.8 Å². The lowest BCUT2D eigenvalue weighted by Gasteiger charge is -2.29. The minimum absolute atomic E-state index is 0.0100. The third-order valence-corrected chi connectivity index (χ3v) is 3.49. The fraction of sp³-hybridized carbons (Fsp3) is 0.400. The van der Waals surface area contributed by atoms with E-state index < -0.39 is 0 Å². The zero-order chi connectivity index (χ0) is 13.8. The normalized spacial score (nSPS) is 14.8. The molecule has 3 N–H and O–H groups in total. The van der Waals surface area contributed by atoms with E-state index in [0.29, 0.717) is 5.92 Å². The van der Waals surface area contributed by atoms with Gasteiger partial charge in [-0.3, -0.25) is 16.3 Å². The van der Waals surface area contributed by atoms with Crippen molar-refractivity contribution < 1.29 is 4.74 Å². The van der Waals surface area contributed by atoms with Crippen molar-refractivity contribution in [2.24, 2.45) is 11.8 Å². The monoisotopic (exact) mass is 259 g/mol. The van der Waals surface area contributed by atoms with E-state index in [-0.39, 0.29) is 12.1 Å². The topological polar surface area (TPSA) is 60.2 Å². The lowest BCUT2D eigenvalue weighted by molar-refractivity contribution is 0.0330. The van der Waals surface area contributed by atoms with Crippen molar-refractivity contribution in [3.8, 4) is 0 Å². The Labute approximate surface area is 113 Å². The zero-order valence-corrected chi connectivity index (χ0v) is 11.6. The molecule has 1 aromatic carbocycles. The number of hydrogen-bond donors (Lipinski definition) is 2. The molecule has 2 unspecified atom stereocenters. The average molecular weight is 259 g/mol. The Kier molecular flexibility index (Phi) is 4.47. The fourth-order valence-corrected chi connectivity index (χ4v) is 2.56.